The van der Waals surface area contributed by atoms with Crippen LogP contribution in [0.1, 0.15) is 24.3 Å². The van der Waals surface area contributed by atoms with Gasteiger partial charge in [-0.25, -0.2) is 0 Å². The van der Waals surface area contributed by atoms with Crippen molar-refractivity contribution in [2.75, 3.05) is 20.3 Å². The summed E-state index contributed by atoms with van der Waals surface area (Å²) in [4.78, 5) is 1.30. The van der Waals surface area contributed by atoms with E-state index in [9.17, 15) is 0 Å². The molecule has 1 unspecified atom stereocenters. The molecule has 0 fully saturated rings. The van der Waals surface area contributed by atoms with Gasteiger partial charge in [-0.3, -0.25) is 0 Å². The fourth-order valence-corrected chi connectivity index (χ4v) is 3.41. The summed E-state index contributed by atoms with van der Waals surface area (Å²) in [5, 5.41) is 3.47. The summed E-state index contributed by atoms with van der Waals surface area (Å²) < 4.78 is 7.47. The number of rotatable bonds is 6. The Morgan fingerprint density at radius 3 is 2.73 bits per heavy atom. The molecule has 0 radical (unpaired) electrons. The van der Waals surface area contributed by atoms with E-state index in [1.165, 1.54) is 4.88 Å². The highest BCUT2D eigenvalue weighted by atomic mass is 79.9. The van der Waals surface area contributed by atoms with Crippen LogP contribution in [0.2, 0.25) is 0 Å². The molecule has 0 spiro atoms. The van der Waals surface area contributed by atoms with Gasteiger partial charge in [0.25, 0.3) is 0 Å². The number of hydrogen-bond acceptors (Lipinski definition) is 3. The summed E-state index contributed by atoms with van der Waals surface area (Å²) in [6.07, 6.45) is 1.13. The number of methoxy groups -OCH3 is 1. The maximum Gasteiger partial charge on any atom is 0.0843 e. The zero-order valence-electron chi connectivity index (χ0n) is 8.85. The standard InChI is InChI=1S/C10H15Br2NOS/c1-3-4-13-8(6-14-2)9-5-7(11)10(12)15-9/h5,8,13H,3-4,6H2,1-2H3. The Hall–Kier alpha value is 0.580. The first-order chi connectivity index (χ1) is 7.19. The van der Waals surface area contributed by atoms with Gasteiger partial charge < -0.3 is 10.1 Å². The molecule has 86 valence electrons. The van der Waals surface area contributed by atoms with Gasteiger partial charge in [-0.05, 0) is 50.9 Å². The zero-order valence-corrected chi connectivity index (χ0v) is 12.8. The third-order valence-electron chi connectivity index (χ3n) is 1.98. The Morgan fingerprint density at radius 1 is 1.53 bits per heavy atom. The van der Waals surface area contributed by atoms with Gasteiger partial charge in [0, 0.05) is 16.5 Å². The molecule has 0 saturated carbocycles. The van der Waals surface area contributed by atoms with E-state index in [2.05, 4.69) is 50.2 Å². The minimum Gasteiger partial charge on any atom is -0.383 e. The van der Waals surface area contributed by atoms with Crippen molar-refractivity contribution in [1.82, 2.24) is 5.32 Å². The highest BCUT2D eigenvalue weighted by Gasteiger charge is 2.14. The highest BCUT2D eigenvalue weighted by Crippen LogP contribution is 2.35. The highest BCUT2D eigenvalue weighted by molar-refractivity contribution is 9.13. The lowest BCUT2D eigenvalue weighted by Gasteiger charge is -2.15. The number of thiophene rings is 1. The van der Waals surface area contributed by atoms with Crippen LogP contribution in [-0.2, 0) is 4.74 Å². The molecule has 0 bridgehead atoms. The van der Waals surface area contributed by atoms with Gasteiger partial charge in [0.1, 0.15) is 0 Å². The minimum atomic E-state index is 0.294. The lowest BCUT2D eigenvalue weighted by atomic mass is 10.2. The van der Waals surface area contributed by atoms with Crippen molar-refractivity contribution in [1.29, 1.82) is 0 Å². The Bertz CT molecular complexity index is 284. The average molecular weight is 357 g/mol. The van der Waals surface area contributed by atoms with Gasteiger partial charge in [0.05, 0.1) is 16.4 Å². The van der Waals surface area contributed by atoms with Crippen molar-refractivity contribution >= 4 is 43.2 Å². The molecule has 0 saturated heterocycles. The van der Waals surface area contributed by atoms with Gasteiger partial charge in [0.15, 0.2) is 0 Å². The second-order valence-electron chi connectivity index (χ2n) is 3.23. The third-order valence-corrected chi connectivity index (χ3v) is 5.35. The van der Waals surface area contributed by atoms with Crippen molar-refractivity contribution in [3.8, 4) is 0 Å². The van der Waals surface area contributed by atoms with Crippen molar-refractivity contribution in [2.45, 2.75) is 19.4 Å². The molecule has 0 aliphatic carbocycles. The first kappa shape index (κ1) is 13.6. The number of nitrogens with one attached hydrogen (secondary N) is 1. The van der Waals surface area contributed by atoms with Crippen molar-refractivity contribution in [3.05, 3.63) is 19.2 Å². The molecule has 0 aromatic carbocycles. The average Bonchev–Trinajstić information content (AvgIpc) is 2.54. The molecule has 5 heteroatoms. The minimum absolute atomic E-state index is 0.294. The number of ether oxygens (including phenoxy) is 1. The van der Waals surface area contributed by atoms with Crippen molar-refractivity contribution in [3.63, 3.8) is 0 Å². The molecule has 0 amide bonds. The van der Waals surface area contributed by atoms with Gasteiger partial charge in [-0.15, -0.1) is 11.3 Å². The summed E-state index contributed by atoms with van der Waals surface area (Å²) >= 11 is 8.75. The molecule has 15 heavy (non-hydrogen) atoms. The molecule has 1 aromatic heterocycles. The number of halogens is 2. The summed E-state index contributed by atoms with van der Waals surface area (Å²) in [7, 11) is 1.73. The quantitative estimate of drug-likeness (QED) is 0.832. The molecule has 1 N–H and O–H groups in total. The van der Waals surface area contributed by atoms with Crippen molar-refractivity contribution in [2.24, 2.45) is 0 Å². The summed E-state index contributed by atoms with van der Waals surface area (Å²) in [5.41, 5.74) is 0. The maximum absolute atomic E-state index is 5.22. The molecule has 1 atom stereocenters. The lowest BCUT2D eigenvalue weighted by molar-refractivity contribution is 0.168. The molecule has 1 aromatic rings. The second kappa shape index (κ2) is 7.01. The normalized spacial score (nSPS) is 13.1. The Morgan fingerprint density at radius 2 is 2.27 bits per heavy atom. The first-order valence-electron chi connectivity index (χ1n) is 4.86. The predicted molar refractivity (Wildman–Crippen MR) is 72.6 cm³/mol. The second-order valence-corrected chi connectivity index (χ2v) is 6.49. The van der Waals surface area contributed by atoms with Crippen LogP contribution in [-0.4, -0.2) is 20.3 Å². The largest absolute Gasteiger partial charge is 0.383 e. The number of hydrogen-bond donors (Lipinski definition) is 1. The van der Waals surface area contributed by atoms with Crippen molar-refractivity contribution < 1.29 is 4.74 Å². The molecule has 1 heterocycles. The van der Waals surface area contributed by atoms with E-state index in [-0.39, 0.29) is 0 Å². The fraction of sp³-hybridized carbons (Fsp3) is 0.600. The molecular weight excluding hydrogens is 342 g/mol. The van der Waals surface area contributed by atoms with Gasteiger partial charge in [-0.1, -0.05) is 6.92 Å². The van der Waals surface area contributed by atoms with Gasteiger partial charge in [-0.2, -0.15) is 0 Å². The van der Waals surface area contributed by atoms with E-state index in [4.69, 9.17) is 4.74 Å². The third kappa shape index (κ3) is 4.15. The summed E-state index contributed by atoms with van der Waals surface area (Å²) in [6.45, 7) is 3.89. The SMILES string of the molecule is CCCNC(COC)c1cc(Br)c(Br)s1. The molecule has 1 rings (SSSR count). The van der Waals surface area contributed by atoms with E-state index in [0.29, 0.717) is 12.6 Å². The lowest BCUT2D eigenvalue weighted by Crippen LogP contribution is -2.25. The monoisotopic (exact) mass is 355 g/mol. The van der Waals surface area contributed by atoms with Crippen LogP contribution in [0.4, 0.5) is 0 Å². The summed E-state index contributed by atoms with van der Waals surface area (Å²) in [5.74, 6) is 0. The topological polar surface area (TPSA) is 21.3 Å². The predicted octanol–water partition coefficient (Wildman–Crippen LogP) is 3.96. The van der Waals surface area contributed by atoms with E-state index in [1.54, 1.807) is 18.4 Å². The van der Waals surface area contributed by atoms with E-state index in [0.717, 1.165) is 21.2 Å². The van der Waals surface area contributed by atoms with Crippen LogP contribution in [0.5, 0.6) is 0 Å². The first-order valence-corrected chi connectivity index (χ1v) is 7.26. The van der Waals surface area contributed by atoms with E-state index in [1.807, 2.05) is 0 Å². The fourth-order valence-electron chi connectivity index (χ4n) is 1.26. The van der Waals surface area contributed by atoms with E-state index < -0.39 is 0 Å². The Labute approximate surface area is 112 Å². The zero-order chi connectivity index (χ0) is 11.3. The van der Waals surface area contributed by atoms with Crippen LogP contribution in [0.25, 0.3) is 0 Å². The maximum atomic E-state index is 5.22. The smallest absolute Gasteiger partial charge is 0.0843 e. The molecule has 2 nitrogen and oxygen atoms in total. The van der Waals surface area contributed by atoms with Crippen LogP contribution in [0.15, 0.2) is 14.3 Å². The molecule has 0 aliphatic heterocycles. The van der Waals surface area contributed by atoms with Gasteiger partial charge in [0.2, 0.25) is 0 Å². The molecule has 0 aliphatic rings. The van der Waals surface area contributed by atoms with Crippen LogP contribution in [0.3, 0.4) is 0 Å². The van der Waals surface area contributed by atoms with Crippen LogP contribution in [0, 0.1) is 0 Å². The van der Waals surface area contributed by atoms with E-state index >= 15 is 0 Å². The Balaban J connectivity index is 2.69. The van der Waals surface area contributed by atoms with Crippen LogP contribution >= 0.6 is 43.2 Å². The van der Waals surface area contributed by atoms with Gasteiger partial charge >= 0.3 is 0 Å². The summed E-state index contributed by atoms with van der Waals surface area (Å²) in [6, 6.07) is 2.43. The van der Waals surface area contributed by atoms with Crippen LogP contribution < -0.4 is 5.32 Å². The Kier molecular flexibility index (Phi) is 6.38. The molecular formula is C10H15Br2NOS.